The van der Waals surface area contributed by atoms with Gasteiger partial charge < -0.3 is 14.9 Å². The molecule has 0 aliphatic carbocycles. The van der Waals surface area contributed by atoms with E-state index in [1.54, 1.807) is 0 Å². The predicted octanol–water partition coefficient (Wildman–Crippen LogP) is 6.46. The van der Waals surface area contributed by atoms with Crippen LogP contribution in [0.2, 0.25) is 0 Å². The van der Waals surface area contributed by atoms with Crippen molar-refractivity contribution in [2.75, 3.05) is 12.0 Å². The summed E-state index contributed by atoms with van der Waals surface area (Å²) in [7, 11) is 1.31. The maximum atomic E-state index is 14.5. The maximum absolute atomic E-state index is 14.5. The lowest BCUT2D eigenvalue weighted by Gasteiger charge is -2.22. The summed E-state index contributed by atoms with van der Waals surface area (Å²) in [6.45, 7) is 0. The number of anilines is 1. The number of phenolic OH excluding ortho intramolecular Hbond substituents is 1. The number of ketones is 1. The van der Waals surface area contributed by atoms with Gasteiger partial charge in [-0.3, -0.25) is 14.5 Å². The van der Waals surface area contributed by atoms with Crippen LogP contribution in [-0.4, -0.2) is 39.2 Å². The van der Waals surface area contributed by atoms with Crippen LogP contribution in [0.3, 0.4) is 0 Å². The number of methoxy groups -OCH3 is 1. The molecule has 1 aliphatic heterocycles. The Kier molecular flexibility index (Phi) is 7.36. The minimum atomic E-state index is -1.10. The highest BCUT2D eigenvalue weighted by atomic mass is 32.2. The van der Waals surface area contributed by atoms with Crippen LogP contribution in [0, 0.1) is 5.82 Å². The highest BCUT2D eigenvalue weighted by Crippen LogP contribution is 2.44. The third-order valence-corrected chi connectivity index (χ3v) is 9.02. The van der Waals surface area contributed by atoms with E-state index in [1.807, 2.05) is 36.4 Å². The fourth-order valence-corrected chi connectivity index (χ4v) is 6.76. The third-order valence-electron chi connectivity index (χ3n) is 6.91. The monoisotopic (exact) mass is 599 g/mol. The Morgan fingerprint density at radius 1 is 1.02 bits per heavy atom. The summed E-state index contributed by atoms with van der Waals surface area (Å²) in [4.78, 5) is 28.0. The van der Waals surface area contributed by atoms with Crippen molar-refractivity contribution in [3.05, 3.63) is 113 Å². The summed E-state index contributed by atoms with van der Waals surface area (Å²) >= 11 is 2.59. The van der Waals surface area contributed by atoms with Gasteiger partial charge in [-0.1, -0.05) is 77.7 Å². The maximum Gasteiger partial charge on any atom is 0.301 e. The van der Waals surface area contributed by atoms with Crippen LogP contribution in [0.25, 0.3) is 16.5 Å². The summed E-state index contributed by atoms with van der Waals surface area (Å²) in [5, 5.41) is 32.0. The SMILES string of the molecule is COc1ccc(/C(O)=C2\C(=O)C(=O)N(c3nnc(SCc4cccc5ccccc45)s3)C2c2ccc(O)cc2)cc1F. The number of aromatic hydroxyl groups is 1. The van der Waals surface area contributed by atoms with E-state index in [0.29, 0.717) is 15.7 Å². The van der Waals surface area contributed by atoms with Crippen molar-refractivity contribution in [1.82, 2.24) is 10.2 Å². The van der Waals surface area contributed by atoms with Gasteiger partial charge in [-0.2, -0.15) is 0 Å². The van der Waals surface area contributed by atoms with Gasteiger partial charge >= 0.3 is 5.91 Å². The number of phenols is 1. The number of hydrogen-bond donors (Lipinski definition) is 2. The summed E-state index contributed by atoms with van der Waals surface area (Å²) in [6.07, 6.45) is 0. The zero-order valence-corrected chi connectivity index (χ0v) is 23.7. The molecule has 1 fully saturated rings. The number of aliphatic hydroxyl groups is 1. The van der Waals surface area contributed by atoms with Crippen molar-refractivity contribution in [1.29, 1.82) is 0 Å². The van der Waals surface area contributed by atoms with E-state index in [1.165, 1.54) is 60.2 Å². The topological polar surface area (TPSA) is 113 Å². The highest BCUT2D eigenvalue weighted by molar-refractivity contribution is 8.00. The molecule has 0 saturated carbocycles. The zero-order chi connectivity index (χ0) is 29.4. The smallest absolute Gasteiger partial charge is 0.301 e. The number of halogens is 1. The summed E-state index contributed by atoms with van der Waals surface area (Å²) in [5.41, 5.74) is 1.31. The van der Waals surface area contributed by atoms with Crippen LogP contribution in [0.4, 0.5) is 9.52 Å². The Labute approximate surface area is 247 Å². The summed E-state index contributed by atoms with van der Waals surface area (Å²) in [6, 6.07) is 22.7. The number of amides is 1. The fraction of sp³-hybridized carbons (Fsp3) is 0.0968. The van der Waals surface area contributed by atoms with E-state index >= 15 is 0 Å². The van der Waals surface area contributed by atoms with Crippen molar-refractivity contribution in [2.24, 2.45) is 0 Å². The number of aromatic nitrogens is 2. The summed E-state index contributed by atoms with van der Waals surface area (Å²) < 4.78 is 20.0. The van der Waals surface area contributed by atoms with Crippen LogP contribution in [0.1, 0.15) is 22.7 Å². The third kappa shape index (κ3) is 4.97. The molecule has 0 radical (unpaired) electrons. The first-order valence-electron chi connectivity index (χ1n) is 12.7. The normalized spacial score (nSPS) is 16.3. The number of carbonyl (C=O) groups excluding carboxylic acids is 2. The molecular weight excluding hydrogens is 577 g/mol. The van der Waals surface area contributed by atoms with Crippen molar-refractivity contribution in [2.45, 2.75) is 16.1 Å². The average Bonchev–Trinajstić information content (AvgIpc) is 3.57. The number of nitrogens with zero attached hydrogens (tertiary/aromatic N) is 3. The van der Waals surface area contributed by atoms with Gasteiger partial charge in [0.05, 0.1) is 18.7 Å². The second-order valence-corrected chi connectivity index (χ2v) is 11.6. The number of carbonyl (C=O) groups is 2. The largest absolute Gasteiger partial charge is 0.508 e. The molecule has 1 atom stereocenters. The number of hydrogen-bond acceptors (Lipinski definition) is 9. The molecule has 1 aliphatic rings. The van der Waals surface area contributed by atoms with E-state index in [2.05, 4.69) is 16.3 Å². The lowest BCUT2D eigenvalue weighted by Crippen LogP contribution is -2.29. The van der Waals surface area contributed by atoms with Crippen LogP contribution >= 0.6 is 23.1 Å². The van der Waals surface area contributed by atoms with Gasteiger partial charge in [-0.25, -0.2) is 4.39 Å². The standard InChI is InChI=1S/C31H22FN3O5S2/c1-40-24-14-11-19(15-23(24)32)27(37)25-26(18-9-12-21(36)13-10-18)35(29(39)28(25)38)30-33-34-31(42-30)41-16-20-7-4-6-17-5-2-3-8-22(17)20/h2-15,26,36-37H,16H2,1H3/b27-25+. The number of aliphatic hydroxyl groups excluding tert-OH is 1. The van der Waals surface area contributed by atoms with Gasteiger partial charge in [0.15, 0.2) is 15.9 Å². The Morgan fingerprint density at radius 2 is 1.79 bits per heavy atom. The molecule has 0 spiro atoms. The molecule has 1 unspecified atom stereocenters. The molecular formula is C31H22FN3O5S2. The van der Waals surface area contributed by atoms with Crippen molar-refractivity contribution >= 4 is 56.5 Å². The molecule has 1 saturated heterocycles. The lowest BCUT2D eigenvalue weighted by molar-refractivity contribution is -0.132. The van der Waals surface area contributed by atoms with Crippen LogP contribution in [-0.2, 0) is 15.3 Å². The molecule has 0 bridgehead atoms. The first-order valence-corrected chi connectivity index (χ1v) is 14.5. The number of fused-ring (bicyclic) bond motifs is 1. The van der Waals surface area contributed by atoms with E-state index in [4.69, 9.17) is 4.74 Å². The summed E-state index contributed by atoms with van der Waals surface area (Å²) in [5.74, 6) is -2.61. The zero-order valence-electron chi connectivity index (χ0n) is 22.0. The number of benzene rings is 4. The number of Topliss-reactive ketones (excluding diaryl/α,β-unsaturated/α-hetero) is 1. The minimum absolute atomic E-state index is 0.00123. The average molecular weight is 600 g/mol. The number of ether oxygens (including phenoxy) is 1. The van der Waals surface area contributed by atoms with Gasteiger partial charge in [0.1, 0.15) is 11.5 Å². The van der Waals surface area contributed by atoms with E-state index in [9.17, 15) is 24.2 Å². The highest BCUT2D eigenvalue weighted by Gasteiger charge is 2.48. The molecule has 4 aromatic carbocycles. The Morgan fingerprint density at radius 3 is 2.55 bits per heavy atom. The lowest BCUT2D eigenvalue weighted by atomic mass is 9.95. The van der Waals surface area contributed by atoms with Gasteiger partial charge in [-0.05, 0) is 52.2 Å². The fourth-order valence-electron chi connectivity index (χ4n) is 4.89. The van der Waals surface area contributed by atoms with Crippen LogP contribution < -0.4 is 9.64 Å². The molecule has 210 valence electrons. The van der Waals surface area contributed by atoms with E-state index < -0.39 is 29.3 Å². The molecule has 8 nitrogen and oxygen atoms in total. The first kappa shape index (κ1) is 27.4. The van der Waals surface area contributed by atoms with Crippen molar-refractivity contribution in [3.63, 3.8) is 0 Å². The predicted molar refractivity (Wildman–Crippen MR) is 159 cm³/mol. The number of thioether (sulfide) groups is 1. The van der Waals surface area contributed by atoms with Crippen LogP contribution in [0.5, 0.6) is 11.5 Å². The quantitative estimate of drug-likeness (QED) is 0.0721. The van der Waals surface area contributed by atoms with E-state index in [-0.39, 0.29) is 27.8 Å². The molecule has 1 aromatic heterocycles. The molecule has 42 heavy (non-hydrogen) atoms. The van der Waals surface area contributed by atoms with Crippen LogP contribution in [0.15, 0.2) is 94.8 Å². The molecule has 11 heteroatoms. The Bertz CT molecular complexity index is 1870. The molecule has 2 N–H and O–H groups in total. The van der Waals surface area contributed by atoms with E-state index in [0.717, 1.165) is 33.7 Å². The number of rotatable bonds is 7. The Balaban J connectivity index is 1.37. The molecule has 2 heterocycles. The van der Waals surface area contributed by atoms with Gasteiger partial charge in [-0.15, -0.1) is 10.2 Å². The molecule has 5 aromatic rings. The van der Waals surface area contributed by atoms with Crippen molar-refractivity contribution < 1.29 is 28.9 Å². The van der Waals surface area contributed by atoms with Gasteiger partial charge in [0, 0.05) is 11.3 Å². The second-order valence-electron chi connectivity index (χ2n) is 9.39. The van der Waals surface area contributed by atoms with Gasteiger partial charge in [0.2, 0.25) is 5.13 Å². The first-order chi connectivity index (χ1) is 20.4. The Hall–Kier alpha value is -4.74. The molecule has 1 amide bonds. The van der Waals surface area contributed by atoms with Crippen molar-refractivity contribution in [3.8, 4) is 11.5 Å². The second kappa shape index (κ2) is 11.3. The molecule has 6 rings (SSSR count). The van der Waals surface area contributed by atoms with Gasteiger partial charge in [0.25, 0.3) is 5.78 Å². The minimum Gasteiger partial charge on any atom is -0.508 e.